The number of hydrogen-bond acceptors (Lipinski definition) is 5. The Balaban J connectivity index is 1.41. The topological polar surface area (TPSA) is 50.8 Å². The van der Waals surface area contributed by atoms with E-state index >= 15 is 0 Å². The van der Waals surface area contributed by atoms with Crippen LogP contribution < -0.4 is 15.0 Å². The van der Waals surface area contributed by atoms with Crippen molar-refractivity contribution < 1.29 is 14.3 Å². The van der Waals surface area contributed by atoms with Crippen molar-refractivity contribution in [3.8, 4) is 5.75 Å². The van der Waals surface area contributed by atoms with Gasteiger partial charge in [0.1, 0.15) is 11.9 Å². The van der Waals surface area contributed by atoms with E-state index in [0.717, 1.165) is 28.3 Å². The van der Waals surface area contributed by atoms with Crippen LogP contribution in [0, 0.1) is 13.8 Å². The Morgan fingerprint density at radius 1 is 1.00 bits per heavy atom. The second-order valence-electron chi connectivity index (χ2n) is 9.64. The van der Waals surface area contributed by atoms with Crippen molar-refractivity contribution >= 4 is 28.1 Å². The molecular formula is C32H34N2O3. The number of benzene rings is 4. The highest BCUT2D eigenvalue weighted by Crippen LogP contribution is 2.40. The number of para-hydroxylation sites is 2. The molecular weight excluding hydrogens is 460 g/mol. The molecule has 0 bridgehead atoms. The van der Waals surface area contributed by atoms with Crippen molar-refractivity contribution in [2.75, 3.05) is 24.6 Å². The summed E-state index contributed by atoms with van der Waals surface area (Å²) in [6.07, 6.45) is -0.0703. The first-order valence-electron chi connectivity index (χ1n) is 13.0. The van der Waals surface area contributed by atoms with Crippen molar-refractivity contribution in [2.45, 2.75) is 39.8 Å². The number of rotatable bonds is 7. The van der Waals surface area contributed by atoms with Crippen molar-refractivity contribution in [2.24, 2.45) is 0 Å². The highest BCUT2D eigenvalue weighted by Gasteiger charge is 2.29. The first-order chi connectivity index (χ1) is 18.0. The van der Waals surface area contributed by atoms with E-state index < -0.39 is 0 Å². The minimum absolute atomic E-state index is 0.0703. The van der Waals surface area contributed by atoms with E-state index in [1.807, 2.05) is 45.0 Å². The van der Waals surface area contributed by atoms with Crippen LogP contribution in [0.4, 0.5) is 11.4 Å². The number of carbonyl (C=O) groups excluding carboxylic acids is 1. The van der Waals surface area contributed by atoms with E-state index in [9.17, 15) is 4.79 Å². The lowest BCUT2D eigenvalue weighted by atomic mass is 9.99. The molecule has 37 heavy (non-hydrogen) atoms. The van der Waals surface area contributed by atoms with Crippen molar-refractivity contribution in [1.29, 1.82) is 0 Å². The fourth-order valence-corrected chi connectivity index (χ4v) is 5.33. The van der Waals surface area contributed by atoms with Crippen LogP contribution in [0.5, 0.6) is 5.75 Å². The normalized spacial score (nSPS) is 15.7. The van der Waals surface area contributed by atoms with Crippen LogP contribution in [0.3, 0.4) is 0 Å². The predicted molar refractivity (Wildman–Crippen MR) is 150 cm³/mol. The molecule has 4 aromatic carbocycles. The number of nitrogens with one attached hydrogen (secondary N) is 1. The van der Waals surface area contributed by atoms with Crippen LogP contribution in [0.25, 0.3) is 10.8 Å². The molecule has 0 radical (unpaired) electrons. The van der Waals surface area contributed by atoms with Gasteiger partial charge in [0.05, 0.1) is 24.4 Å². The maximum Gasteiger partial charge on any atom is 0.338 e. The molecule has 1 aliphatic heterocycles. The largest absolute Gasteiger partial charge is 0.485 e. The Labute approximate surface area is 219 Å². The van der Waals surface area contributed by atoms with Crippen LogP contribution in [-0.2, 0) is 4.74 Å². The fourth-order valence-electron chi connectivity index (χ4n) is 5.33. The maximum absolute atomic E-state index is 12.8. The first-order valence-corrected chi connectivity index (χ1v) is 13.0. The molecule has 0 aliphatic carbocycles. The van der Waals surface area contributed by atoms with Gasteiger partial charge in [0.2, 0.25) is 0 Å². The predicted octanol–water partition coefficient (Wildman–Crippen LogP) is 6.88. The monoisotopic (exact) mass is 494 g/mol. The number of ether oxygens (including phenoxy) is 2. The molecule has 0 fully saturated rings. The summed E-state index contributed by atoms with van der Waals surface area (Å²) in [4.78, 5) is 15.0. The molecule has 5 rings (SSSR count). The number of fused-ring (bicyclic) bond motifs is 2. The SMILES string of the molecule is CCOC(=O)c1c(C)ccc(N2CC(CN[C@H](C)c3cccc4ccccc34)Oc3ccccc32)c1C. The first kappa shape index (κ1) is 24.8. The van der Waals surface area contributed by atoms with Gasteiger partial charge in [-0.05, 0) is 73.4 Å². The third kappa shape index (κ3) is 4.92. The molecule has 190 valence electrons. The standard InChI is InChI=1S/C32H34N2O3/c1-5-36-32(35)31-21(2)17-18-28(22(31)3)34-20-25(37-30-16-9-8-15-29(30)34)19-33-23(4)26-14-10-12-24-11-6-7-13-27(24)26/h6-18,23,25,33H,5,19-20H2,1-4H3/t23-,25?/m1/s1. The molecule has 0 spiro atoms. The van der Waals surface area contributed by atoms with E-state index in [4.69, 9.17) is 9.47 Å². The maximum atomic E-state index is 12.8. The van der Waals surface area contributed by atoms with Crippen molar-refractivity contribution in [3.05, 3.63) is 101 Å². The third-order valence-electron chi connectivity index (χ3n) is 7.19. The van der Waals surface area contributed by atoms with Crippen LogP contribution in [0.2, 0.25) is 0 Å². The molecule has 0 aromatic heterocycles. The summed E-state index contributed by atoms with van der Waals surface area (Å²) in [5.74, 6) is 0.569. The zero-order chi connectivity index (χ0) is 25.9. The summed E-state index contributed by atoms with van der Waals surface area (Å²) in [6.45, 7) is 9.70. The molecule has 0 saturated heterocycles. The highest BCUT2D eigenvalue weighted by atomic mass is 16.5. The zero-order valence-corrected chi connectivity index (χ0v) is 22.0. The Morgan fingerprint density at radius 2 is 1.76 bits per heavy atom. The Bertz CT molecular complexity index is 1430. The number of hydrogen-bond donors (Lipinski definition) is 1. The van der Waals surface area contributed by atoms with Gasteiger partial charge >= 0.3 is 5.97 Å². The second-order valence-corrected chi connectivity index (χ2v) is 9.64. The van der Waals surface area contributed by atoms with E-state index in [-0.39, 0.29) is 18.1 Å². The summed E-state index contributed by atoms with van der Waals surface area (Å²) < 4.78 is 11.8. The van der Waals surface area contributed by atoms with Gasteiger partial charge in [-0.15, -0.1) is 0 Å². The van der Waals surface area contributed by atoms with E-state index in [1.165, 1.54) is 16.3 Å². The Morgan fingerprint density at radius 3 is 2.59 bits per heavy atom. The minimum Gasteiger partial charge on any atom is -0.485 e. The quantitative estimate of drug-likeness (QED) is 0.284. The number of nitrogens with zero attached hydrogens (tertiary/aromatic N) is 1. The minimum atomic E-state index is -0.275. The van der Waals surface area contributed by atoms with Crippen LogP contribution in [0.1, 0.15) is 46.9 Å². The molecule has 0 amide bonds. The molecule has 0 saturated carbocycles. The lowest BCUT2D eigenvalue weighted by molar-refractivity contribution is 0.0524. The summed E-state index contributed by atoms with van der Waals surface area (Å²) in [5, 5.41) is 6.22. The number of anilines is 2. The van der Waals surface area contributed by atoms with Crippen LogP contribution in [-0.4, -0.2) is 31.8 Å². The summed E-state index contributed by atoms with van der Waals surface area (Å²) in [5.41, 5.74) is 5.76. The molecule has 5 heteroatoms. The van der Waals surface area contributed by atoms with Gasteiger partial charge in [-0.2, -0.15) is 0 Å². The third-order valence-corrected chi connectivity index (χ3v) is 7.19. The number of aryl methyl sites for hydroxylation is 1. The lowest BCUT2D eigenvalue weighted by Crippen LogP contribution is -2.44. The van der Waals surface area contributed by atoms with E-state index in [0.29, 0.717) is 25.3 Å². The molecule has 1 N–H and O–H groups in total. The molecule has 4 aromatic rings. The van der Waals surface area contributed by atoms with Gasteiger partial charge in [-0.3, -0.25) is 0 Å². The Kier molecular flexibility index (Phi) is 7.15. The average molecular weight is 495 g/mol. The number of carbonyl (C=O) groups is 1. The molecule has 5 nitrogen and oxygen atoms in total. The van der Waals surface area contributed by atoms with Gasteiger partial charge in [0.25, 0.3) is 0 Å². The summed E-state index contributed by atoms with van der Waals surface area (Å²) in [6, 6.07) is 27.3. The van der Waals surface area contributed by atoms with E-state index in [2.05, 4.69) is 71.7 Å². The van der Waals surface area contributed by atoms with E-state index in [1.54, 1.807) is 0 Å². The molecule has 1 aliphatic rings. The van der Waals surface area contributed by atoms with Crippen LogP contribution in [0.15, 0.2) is 78.9 Å². The van der Waals surface area contributed by atoms with Gasteiger partial charge in [0.15, 0.2) is 0 Å². The molecule has 1 unspecified atom stereocenters. The average Bonchev–Trinajstić information content (AvgIpc) is 2.91. The van der Waals surface area contributed by atoms with Crippen molar-refractivity contribution in [3.63, 3.8) is 0 Å². The van der Waals surface area contributed by atoms with Crippen LogP contribution >= 0.6 is 0 Å². The van der Waals surface area contributed by atoms with Gasteiger partial charge in [-0.25, -0.2) is 4.79 Å². The highest BCUT2D eigenvalue weighted by molar-refractivity contribution is 5.95. The fraction of sp³-hybridized carbons (Fsp3) is 0.281. The van der Waals surface area contributed by atoms with Crippen molar-refractivity contribution in [1.82, 2.24) is 5.32 Å². The summed E-state index contributed by atoms with van der Waals surface area (Å²) >= 11 is 0. The number of esters is 1. The lowest BCUT2D eigenvalue weighted by Gasteiger charge is -2.38. The van der Waals surface area contributed by atoms with Gasteiger partial charge < -0.3 is 19.7 Å². The smallest absolute Gasteiger partial charge is 0.338 e. The molecule has 1 heterocycles. The molecule has 2 atom stereocenters. The van der Waals surface area contributed by atoms with Gasteiger partial charge in [0, 0.05) is 18.3 Å². The second kappa shape index (κ2) is 10.7. The van der Waals surface area contributed by atoms with Gasteiger partial charge in [-0.1, -0.05) is 60.7 Å². The summed E-state index contributed by atoms with van der Waals surface area (Å²) in [7, 11) is 0. The Hall–Kier alpha value is -3.83. The zero-order valence-electron chi connectivity index (χ0n) is 22.0.